The highest BCUT2D eigenvalue weighted by atomic mass is 16.6. The van der Waals surface area contributed by atoms with Gasteiger partial charge in [0.2, 0.25) is 0 Å². The van der Waals surface area contributed by atoms with Crippen molar-refractivity contribution in [3.8, 4) is 11.5 Å². The first-order valence-electron chi connectivity index (χ1n) is 13.3. The molecule has 7 heteroatoms. The Labute approximate surface area is 214 Å². The Kier molecular flexibility index (Phi) is 9.09. The minimum atomic E-state index is -0.778. The highest BCUT2D eigenvalue weighted by Crippen LogP contribution is 2.44. The highest BCUT2D eigenvalue weighted by molar-refractivity contribution is 5.75. The molecule has 0 spiro atoms. The van der Waals surface area contributed by atoms with E-state index in [0.29, 0.717) is 49.7 Å². The molecule has 1 unspecified atom stereocenters. The summed E-state index contributed by atoms with van der Waals surface area (Å²) in [5.74, 6) is 1.16. The molecule has 1 saturated heterocycles. The summed E-state index contributed by atoms with van der Waals surface area (Å²) in [4.78, 5) is 13.3. The van der Waals surface area contributed by atoms with Gasteiger partial charge in [0, 0.05) is 18.9 Å². The van der Waals surface area contributed by atoms with E-state index in [1.54, 1.807) is 19.2 Å². The third-order valence-electron chi connectivity index (χ3n) is 7.77. The first kappa shape index (κ1) is 26.7. The number of fused-ring (bicyclic) bond motifs is 1. The number of allylic oxidation sites excluding steroid dienone is 2. The Morgan fingerprint density at radius 2 is 1.94 bits per heavy atom. The molecule has 0 aromatic heterocycles. The number of carbonyl (C=O) groups is 1. The average Bonchev–Trinajstić information content (AvgIpc) is 2.87. The first-order valence-corrected chi connectivity index (χ1v) is 13.3. The van der Waals surface area contributed by atoms with Crippen molar-refractivity contribution in [3.05, 3.63) is 48.1 Å². The number of hydrogen-bond acceptors (Lipinski definition) is 7. The smallest absolute Gasteiger partial charge is 0.347 e. The first-order chi connectivity index (χ1) is 17.4. The van der Waals surface area contributed by atoms with Crippen LogP contribution in [0.25, 0.3) is 0 Å². The molecule has 1 heterocycles. The van der Waals surface area contributed by atoms with Crippen LogP contribution in [-0.2, 0) is 14.3 Å². The number of aliphatic hydroxyl groups is 2. The minimum absolute atomic E-state index is 0.00497. The Hall–Kier alpha value is -2.35. The lowest BCUT2D eigenvalue weighted by Crippen LogP contribution is -2.44. The molecule has 1 aromatic rings. The number of hydrogen-bond donors (Lipinski definition) is 2. The van der Waals surface area contributed by atoms with E-state index in [1.807, 2.05) is 25.1 Å². The van der Waals surface area contributed by atoms with Crippen molar-refractivity contribution in [2.75, 3.05) is 13.7 Å². The second-order valence-electron chi connectivity index (χ2n) is 10.3. The number of methoxy groups -OCH3 is 1. The average molecular weight is 501 g/mol. The van der Waals surface area contributed by atoms with Gasteiger partial charge in [-0.1, -0.05) is 44.2 Å². The molecule has 0 bridgehead atoms. The number of benzene rings is 1. The van der Waals surface area contributed by atoms with E-state index in [-0.39, 0.29) is 24.0 Å². The quantitative estimate of drug-likeness (QED) is 0.491. The third-order valence-corrected chi connectivity index (χ3v) is 7.77. The predicted octanol–water partition coefficient (Wildman–Crippen LogP) is 4.21. The molecule has 0 amide bonds. The standard InChI is InChI=1S/C29H40O7/c1-4-24(35-26-8-6-5-7-25(26)33-3)29(32)36-27-17-21(31)15-19-10-9-18(2)23(28(19)27)12-11-22-16-20(30)13-14-34-22/h5-10,15,18,20-24,27-28,30-31H,4,11-14,16-17H2,1-3H3/t18-,20+,21+,22+,23-,24?,27-,28-/m0/s1. The summed E-state index contributed by atoms with van der Waals surface area (Å²) in [6.07, 6.45) is 7.92. The summed E-state index contributed by atoms with van der Waals surface area (Å²) >= 11 is 0. The van der Waals surface area contributed by atoms with E-state index < -0.39 is 24.3 Å². The minimum Gasteiger partial charge on any atom is -0.493 e. The molecule has 8 atom stereocenters. The van der Waals surface area contributed by atoms with Crippen LogP contribution in [0.15, 0.2) is 48.1 Å². The monoisotopic (exact) mass is 500 g/mol. The van der Waals surface area contributed by atoms with Crippen molar-refractivity contribution < 1.29 is 34.0 Å². The number of carbonyl (C=O) groups excluding carboxylic acids is 1. The molecule has 1 aromatic carbocycles. The zero-order valence-electron chi connectivity index (χ0n) is 21.5. The second kappa shape index (κ2) is 12.3. The molecule has 36 heavy (non-hydrogen) atoms. The third kappa shape index (κ3) is 6.31. The molecule has 0 radical (unpaired) electrons. The van der Waals surface area contributed by atoms with E-state index in [2.05, 4.69) is 19.1 Å². The van der Waals surface area contributed by atoms with Gasteiger partial charge in [-0.15, -0.1) is 0 Å². The van der Waals surface area contributed by atoms with Gasteiger partial charge in [-0.3, -0.25) is 0 Å². The highest BCUT2D eigenvalue weighted by Gasteiger charge is 2.43. The summed E-state index contributed by atoms with van der Waals surface area (Å²) in [7, 11) is 1.57. The van der Waals surface area contributed by atoms with Crippen LogP contribution in [0.4, 0.5) is 0 Å². The number of rotatable bonds is 9. The lowest BCUT2D eigenvalue weighted by Gasteiger charge is -2.43. The topological polar surface area (TPSA) is 94.5 Å². The molecule has 0 saturated carbocycles. The lowest BCUT2D eigenvalue weighted by atomic mass is 9.66. The van der Waals surface area contributed by atoms with Gasteiger partial charge < -0.3 is 29.2 Å². The lowest BCUT2D eigenvalue weighted by molar-refractivity contribution is -0.163. The van der Waals surface area contributed by atoms with Crippen molar-refractivity contribution in [2.24, 2.45) is 17.8 Å². The maximum Gasteiger partial charge on any atom is 0.347 e. The Bertz CT molecular complexity index is 941. The number of para-hydroxylation sites is 2. The maximum atomic E-state index is 13.3. The van der Waals surface area contributed by atoms with Gasteiger partial charge >= 0.3 is 5.97 Å². The van der Waals surface area contributed by atoms with Crippen LogP contribution in [0.1, 0.15) is 52.4 Å². The molecule has 198 valence electrons. The van der Waals surface area contributed by atoms with Crippen molar-refractivity contribution >= 4 is 5.97 Å². The van der Waals surface area contributed by atoms with E-state index in [9.17, 15) is 15.0 Å². The molecule has 2 aliphatic carbocycles. The fourth-order valence-corrected chi connectivity index (χ4v) is 5.82. The van der Waals surface area contributed by atoms with Crippen LogP contribution in [0.2, 0.25) is 0 Å². The normalized spacial score (nSPS) is 32.7. The van der Waals surface area contributed by atoms with Crippen LogP contribution in [0, 0.1) is 17.8 Å². The van der Waals surface area contributed by atoms with E-state index >= 15 is 0 Å². The van der Waals surface area contributed by atoms with Gasteiger partial charge in [0.05, 0.1) is 25.4 Å². The summed E-state index contributed by atoms with van der Waals surface area (Å²) in [6.45, 7) is 4.67. The van der Waals surface area contributed by atoms with E-state index in [4.69, 9.17) is 18.9 Å². The molecule has 7 nitrogen and oxygen atoms in total. The molecule has 3 aliphatic rings. The van der Waals surface area contributed by atoms with Crippen molar-refractivity contribution in [2.45, 2.75) is 82.9 Å². The van der Waals surface area contributed by atoms with Gasteiger partial charge in [-0.2, -0.15) is 0 Å². The van der Waals surface area contributed by atoms with Gasteiger partial charge in [-0.25, -0.2) is 4.79 Å². The van der Waals surface area contributed by atoms with Gasteiger partial charge in [-0.05, 0) is 61.6 Å². The molecular formula is C29H40O7. The zero-order chi connectivity index (χ0) is 25.7. The summed E-state index contributed by atoms with van der Waals surface area (Å²) in [5.41, 5.74) is 1.03. The van der Waals surface area contributed by atoms with Crippen LogP contribution in [-0.4, -0.2) is 60.4 Å². The zero-order valence-corrected chi connectivity index (χ0v) is 21.5. The Morgan fingerprint density at radius 3 is 2.67 bits per heavy atom. The maximum absolute atomic E-state index is 13.3. The van der Waals surface area contributed by atoms with Crippen LogP contribution in [0.3, 0.4) is 0 Å². The summed E-state index contributed by atoms with van der Waals surface area (Å²) in [6, 6.07) is 7.24. The van der Waals surface area contributed by atoms with Gasteiger partial charge in [0.15, 0.2) is 17.6 Å². The van der Waals surface area contributed by atoms with Gasteiger partial charge in [0.25, 0.3) is 0 Å². The SMILES string of the molecule is CCC(Oc1ccccc1OC)C(=O)O[C@H]1C[C@H](O)C=C2C=C[C@H](C)[C@H](CC[C@@H]3C[C@H](O)CCO3)[C@H]21. The van der Waals surface area contributed by atoms with E-state index in [0.717, 1.165) is 18.4 Å². The van der Waals surface area contributed by atoms with Crippen LogP contribution >= 0.6 is 0 Å². The molecule has 1 aliphatic heterocycles. The van der Waals surface area contributed by atoms with Crippen LogP contribution in [0.5, 0.6) is 11.5 Å². The number of aliphatic hydroxyl groups excluding tert-OH is 2. The van der Waals surface area contributed by atoms with Crippen molar-refractivity contribution in [1.82, 2.24) is 0 Å². The number of ether oxygens (including phenoxy) is 4. The summed E-state index contributed by atoms with van der Waals surface area (Å²) < 4.78 is 23.4. The number of esters is 1. The van der Waals surface area contributed by atoms with E-state index in [1.165, 1.54) is 0 Å². The molecule has 2 N–H and O–H groups in total. The fraction of sp³-hybridized carbons (Fsp3) is 0.621. The predicted molar refractivity (Wildman–Crippen MR) is 136 cm³/mol. The summed E-state index contributed by atoms with van der Waals surface area (Å²) in [5, 5.41) is 20.6. The van der Waals surface area contributed by atoms with Crippen molar-refractivity contribution in [1.29, 1.82) is 0 Å². The fourth-order valence-electron chi connectivity index (χ4n) is 5.82. The Balaban J connectivity index is 1.48. The van der Waals surface area contributed by atoms with Crippen molar-refractivity contribution in [3.63, 3.8) is 0 Å². The Morgan fingerprint density at radius 1 is 1.17 bits per heavy atom. The molecule has 1 fully saturated rings. The van der Waals surface area contributed by atoms with Gasteiger partial charge in [0.1, 0.15) is 6.10 Å². The largest absolute Gasteiger partial charge is 0.493 e. The second-order valence-corrected chi connectivity index (χ2v) is 10.3. The molecular weight excluding hydrogens is 460 g/mol. The molecule has 4 rings (SSSR count). The van der Waals surface area contributed by atoms with Crippen LogP contribution < -0.4 is 9.47 Å².